The van der Waals surface area contributed by atoms with Crippen LogP contribution in [0.2, 0.25) is 0 Å². The van der Waals surface area contributed by atoms with Crippen LogP contribution in [0.25, 0.3) is 5.57 Å². The SMILES string of the molecule is C=C/C(Br)=C1/CC=C(c2ccccc2O)C=C(NCC2CCN(C(=O)c3cccc(C#N)c3)CC2)N1C. The molecule has 0 unspecified atom stereocenters. The molecule has 2 aromatic carbocycles. The molecule has 190 valence electrons. The number of amides is 1. The van der Waals surface area contributed by atoms with Crippen molar-refractivity contribution in [1.29, 1.82) is 5.26 Å². The molecule has 2 aliphatic rings. The van der Waals surface area contributed by atoms with Gasteiger partial charge >= 0.3 is 0 Å². The average Bonchev–Trinajstić information content (AvgIpc) is 3.10. The van der Waals surface area contributed by atoms with Crippen LogP contribution in [0.3, 0.4) is 0 Å². The van der Waals surface area contributed by atoms with Gasteiger partial charge in [-0.15, -0.1) is 0 Å². The molecule has 7 heteroatoms. The summed E-state index contributed by atoms with van der Waals surface area (Å²) in [5, 5.41) is 23.2. The van der Waals surface area contributed by atoms with Crippen LogP contribution < -0.4 is 5.32 Å². The van der Waals surface area contributed by atoms with Gasteiger partial charge in [0.25, 0.3) is 5.91 Å². The number of rotatable bonds is 6. The Labute approximate surface area is 227 Å². The zero-order valence-corrected chi connectivity index (χ0v) is 22.5. The zero-order valence-electron chi connectivity index (χ0n) is 21.0. The molecular weight excluding hydrogens is 528 g/mol. The van der Waals surface area contributed by atoms with E-state index in [1.807, 2.05) is 30.1 Å². The topological polar surface area (TPSA) is 79.6 Å². The number of allylic oxidation sites excluding steroid dienone is 5. The Morgan fingerprint density at radius 3 is 2.70 bits per heavy atom. The summed E-state index contributed by atoms with van der Waals surface area (Å²) in [5.41, 5.74) is 3.88. The van der Waals surface area contributed by atoms with Crippen LogP contribution in [-0.4, -0.2) is 47.5 Å². The molecule has 0 aromatic heterocycles. The number of benzene rings is 2. The molecule has 0 radical (unpaired) electrons. The van der Waals surface area contributed by atoms with E-state index in [0.29, 0.717) is 36.6 Å². The maximum absolute atomic E-state index is 12.9. The highest BCUT2D eigenvalue weighted by Gasteiger charge is 2.25. The number of halogens is 1. The molecule has 0 spiro atoms. The number of piperidine rings is 1. The Kier molecular flexibility index (Phi) is 8.52. The van der Waals surface area contributed by atoms with Gasteiger partial charge in [-0.05, 0) is 70.6 Å². The van der Waals surface area contributed by atoms with E-state index in [1.165, 1.54) is 0 Å². The normalized spacial score (nSPS) is 17.8. The van der Waals surface area contributed by atoms with Crippen LogP contribution in [0.1, 0.15) is 40.7 Å². The molecule has 1 fully saturated rings. The molecule has 2 aliphatic heterocycles. The van der Waals surface area contributed by atoms with Gasteiger partial charge in [0, 0.05) is 54.4 Å². The maximum atomic E-state index is 12.9. The standard InChI is InChI=1S/C30H31BrN4O2/c1-3-26(31)27-12-11-23(25-9-4-5-10-28(25)36)18-29(34(27)2)33-20-21-13-15-35(16-14-21)30(37)24-8-6-7-22(17-24)19-32/h3-11,17-18,21,33,36H,1,12-16,20H2,2H3/b27-26+. The number of phenols is 1. The van der Waals surface area contributed by atoms with Gasteiger partial charge in [0.15, 0.2) is 0 Å². The van der Waals surface area contributed by atoms with Crippen LogP contribution in [-0.2, 0) is 0 Å². The van der Waals surface area contributed by atoms with E-state index in [1.54, 1.807) is 36.4 Å². The van der Waals surface area contributed by atoms with E-state index < -0.39 is 0 Å². The molecule has 37 heavy (non-hydrogen) atoms. The fourth-order valence-corrected chi connectivity index (χ4v) is 5.16. The lowest BCUT2D eigenvalue weighted by Gasteiger charge is -2.33. The summed E-state index contributed by atoms with van der Waals surface area (Å²) in [7, 11) is 2.02. The molecule has 0 bridgehead atoms. The number of para-hydroxylation sites is 1. The quantitative estimate of drug-likeness (QED) is 0.471. The summed E-state index contributed by atoms with van der Waals surface area (Å²) < 4.78 is 0.921. The summed E-state index contributed by atoms with van der Waals surface area (Å²) in [5.74, 6) is 1.59. The van der Waals surface area contributed by atoms with Crippen LogP contribution >= 0.6 is 15.9 Å². The summed E-state index contributed by atoms with van der Waals surface area (Å²) in [6.07, 6.45) is 8.46. The van der Waals surface area contributed by atoms with E-state index >= 15 is 0 Å². The van der Waals surface area contributed by atoms with Crippen LogP contribution in [0.5, 0.6) is 5.75 Å². The number of aromatic hydroxyl groups is 1. The van der Waals surface area contributed by atoms with Gasteiger partial charge in [-0.1, -0.05) is 43.0 Å². The number of nitrogens with zero attached hydrogens (tertiary/aromatic N) is 3. The minimum absolute atomic E-state index is 0.0174. The molecule has 0 aliphatic carbocycles. The monoisotopic (exact) mass is 558 g/mol. The first kappa shape index (κ1) is 26.3. The van der Waals surface area contributed by atoms with Crippen LogP contribution in [0.4, 0.5) is 0 Å². The van der Waals surface area contributed by atoms with E-state index in [2.05, 4.69) is 50.9 Å². The van der Waals surface area contributed by atoms with Gasteiger partial charge in [0.1, 0.15) is 11.6 Å². The minimum Gasteiger partial charge on any atom is -0.507 e. The average molecular weight is 560 g/mol. The molecular formula is C30H31BrN4O2. The number of likely N-dealkylation sites (tertiary alicyclic amines) is 1. The highest BCUT2D eigenvalue weighted by molar-refractivity contribution is 9.11. The molecule has 1 saturated heterocycles. The van der Waals surface area contributed by atoms with Gasteiger partial charge in [-0.25, -0.2) is 0 Å². The Bertz CT molecular complexity index is 1310. The van der Waals surface area contributed by atoms with Gasteiger partial charge in [0.05, 0.1) is 11.6 Å². The molecule has 1 amide bonds. The molecule has 0 saturated carbocycles. The minimum atomic E-state index is -0.0174. The Morgan fingerprint density at radius 1 is 1.24 bits per heavy atom. The lowest BCUT2D eigenvalue weighted by molar-refractivity contribution is 0.0690. The van der Waals surface area contributed by atoms with E-state index in [0.717, 1.165) is 46.5 Å². The molecule has 0 atom stereocenters. The van der Waals surface area contributed by atoms with Crippen molar-refractivity contribution in [2.24, 2.45) is 5.92 Å². The summed E-state index contributed by atoms with van der Waals surface area (Å²) in [4.78, 5) is 16.9. The highest BCUT2D eigenvalue weighted by atomic mass is 79.9. The number of phenolic OH excluding ortho intramolecular Hbond substituents is 1. The fraction of sp³-hybridized carbons (Fsp3) is 0.267. The third-order valence-corrected chi connectivity index (χ3v) is 7.74. The van der Waals surface area contributed by atoms with Gasteiger partial charge in [-0.2, -0.15) is 5.26 Å². The lowest BCUT2D eigenvalue weighted by atomic mass is 9.96. The maximum Gasteiger partial charge on any atom is 0.253 e. The lowest BCUT2D eigenvalue weighted by Crippen LogP contribution is -2.41. The number of carbonyl (C=O) groups excluding carboxylic acids is 1. The van der Waals surface area contributed by atoms with Crippen LogP contribution in [0.15, 0.2) is 89.3 Å². The summed E-state index contributed by atoms with van der Waals surface area (Å²) in [6.45, 7) is 6.06. The summed E-state index contributed by atoms with van der Waals surface area (Å²) >= 11 is 3.64. The van der Waals surface area contributed by atoms with Gasteiger partial charge in [-0.3, -0.25) is 4.79 Å². The third-order valence-electron chi connectivity index (χ3n) is 6.96. The second kappa shape index (κ2) is 12.0. The van der Waals surface area contributed by atoms with Crippen molar-refractivity contribution >= 4 is 27.4 Å². The predicted octanol–water partition coefficient (Wildman–Crippen LogP) is 5.76. The van der Waals surface area contributed by atoms with Crippen molar-refractivity contribution in [2.75, 3.05) is 26.7 Å². The Hall–Kier alpha value is -3.76. The van der Waals surface area contributed by atoms with Crippen molar-refractivity contribution in [3.8, 4) is 11.8 Å². The van der Waals surface area contributed by atoms with E-state index in [9.17, 15) is 9.90 Å². The van der Waals surface area contributed by atoms with Crippen LogP contribution in [0, 0.1) is 17.2 Å². The number of nitrogens with one attached hydrogen (secondary N) is 1. The predicted molar refractivity (Wildman–Crippen MR) is 150 cm³/mol. The molecule has 2 N–H and O–H groups in total. The van der Waals surface area contributed by atoms with Crippen molar-refractivity contribution in [1.82, 2.24) is 15.1 Å². The number of hydrogen-bond acceptors (Lipinski definition) is 5. The molecule has 4 rings (SSSR count). The highest BCUT2D eigenvalue weighted by Crippen LogP contribution is 2.33. The molecule has 6 nitrogen and oxygen atoms in total. The fourth-order valence-electron chi connectivity index (χ4n) is 4.74. The van der Waals surface area contributed by atoms with Crippen molar-refractivity contribution in [2.45, 2.75) is 19.3 Å². The smallest absolute Gasteiger partial charge is 0.253 e. The first-order chi connectivity index (χ1) is 17.9. The van der Waals surface area contributed by atoms with Gasteiger partial charge < -0.3 is 20.2 Å². The second-order valence-corrected chi connectivity index (χ2v) is 10.1. The van der Waals surface area contributed by atoms with Crippen molar-refractivity contribution in [3.05, 3.63) is 106 Å². The molecule has 2 aromatic rings. The van der Waals surface area contributed by atoms with Crippen molar-refractivity contribution < 1.29 is 9.90 Å². The first-order valence-corrected chi connectivity index (χ1v) is 13.2. The number of nitriles is 1. The third kappa shape index (κ3) is 6.15. The second-order valence-electron chi connectivity index (χ2n) is 9.28. The zero-order chi connectivity index (χ0) is 26.4. The Balaban J connectivity index is 1.45. The first-order valence-electron chi connectivity index (χ1n) is 12.4. The number of hydrogen-bond donors (Lipinski definition) is 2. The number of carbonyl (C=O) groups is 1. The van der Waals surface area contributed by atoms with E-state index in [-0.39, 0.29) is 11.7 Å². The van der Waals surface area contributed by atoms with E-state index in [4.69, 9.17) is 5.26 Å². The summed E-state index contributed by atoms with van der Waals surface area (Å²) in [6, 6.07) is 16.4. The largest absolute Gasteiger partial charge is 0.507 e. The Morgan fingerprint density at radius 2 is 2.00 bits per heavy atom. The van der Waals surface area contributed by atoms with Crippen molar-refractivity contribution in [3.63, 3.8) is 0 Å². The van der Waals surface area contributed by atoms with Gasteiger partial charge in [0.2, 0.25) is 0 Å². The molecule has 2 heterocycles.